The van der Waals surface area contributed by atoms with E-state index in [0.29, 0.717) is 12.2 Å². The van der Waals surface area contributed by atoms with Gasteiger partial charge in [-0.05, 0) is 13.0 Å². The quantitative estimate of drug-likeness (QED) is 0.436. The maximum absolute atomic E-state index is 5.42. The molecule has 0 bridgehead atoms. The molecule has 0 saturated carbocycles. The van der Waals surface area contributed by atoms with E-state index in [1.165, 1.54) is 6.54 Å². The van der Waals surface area contributed by atoms with Crippen molar-refractivity contribution in [2.45, 2.75) is 19.1 Å². The first-order valence-corrected chi connectivity index (χ1v) is 3.61. The normalized spacial score (nSPS) is 50.7. The molecule has 0 spiro atoms. The molecular weight excluding hydrogens is 114 g/mol. The lowest BCUT2D eigenvalue weighted by Gasteiger charge is -2.23. The molecule has 0 aromatic rings. The van der Waals surface area contributed by atoms with Gasteiger partial charge >= 0.3 is 0 Å². The molecule has 2 saturated heterocycles. The minimum Gasteiger partial charge on any atom is -0.368 e. The average Bonchev–Trinajstić information content (AvgIpc) is 2.43. The summed E-state index contributed by atoms with van der Waals surface area (Å²) in [5.74, 6) is 0.758. The largest absolute Gasteiger partial charge is 0.368 e. The van der Waals surface area contributed by atoms with E-state index in [1.54, 1.807) is 0 Å². The molecule has 52 valence electrons. The van der Waals surface area contributed by atoms with Crippen LogP contribution in [-0.4, -0.2) is 37.2 Å². The van der Waals surface area contributed by atoms with E-state index < -0.39 is 0 Å². The molecule has 0 aliphatic carbocycles. The van der Waals surface area contributed by atoms with Crippen LogP contribution in [0.3, 0.4) is 0 Å². The zero-order chi connectivity index (χ0) is 6.43. The van der Waals surface area contributed by atoms with Crippen molar-refractivity contribution >= 4 is 0 Å². The first-order chi connectivity index (χ1) is 4.27. The maximum atomic E-state index is 5.42. The molecule has 3 atom stereocenters. The van der Waals surface area contributed by atoms with Crippen LogP contribution in [0.2, 0.25) is 0 Å². The van der Waals surface area contributed by atoms with Crippen LogP contribution in [0.25, 0.3) is 0 Å². The van der Waals surface area contributed by atoms with E-state index in [0.717, 1.165) is 12.5 Å². The molecule has 9 heavy (non-hydrogen) atoms. The van der Waals surface area contributed by atoms with Gasteiger partial charge in [0.05, 0.1) is 12.2 Å². The number of hydrogen-bond acceptors (Lipinski definition) is 2. The minimum absolute atomic E-state index is 0.582. The van der Waals surface area contributed by atoms with Crippen LogP contribution in [0.1, 0.15) is 6.92 Å². The van der Waals surface area contributed by atoms with Gasteiger partial charge in [-0.2, -0.15) is 0 Å². The van der Waals surface area contributed by atoms with Crippen molar-refractivity contribution in [3.8, 4) is 0 Å². The van der Waals surface area contributed by atoms with Crippen molar-refractivity contribution < 1.29 is 4.74 Å². The molecule has 0 aromatic heterocycles. The predicted octanol–water partition coefficient (Wildman–Crippen LogP) is 0.335. The average molecular weight is 127 g/mol. The van der Waals surface area contributed by atoms with Crippen LogP contribution < -0.4 is 0 Å². The van der Waals surface area contributed by atoms with E-state index in [9.17, 15) is 0 Å². The molecule has 3 unspecified atom stereocenters. The molecule has 0 radical (unpaired) electrons. The molecule has 2 nitrogen and oxygen atoms in total. The van der Waals surface area contributed by atoms with Gasteiger partial charge in [0, 0.05) is 13.1 Å². The molecule has 2 heteroatoms. The lowest BCUT2D eigenvalue weighted by atomic mass is 10.0. The first-order valence-electron chi connectivity index (χ1n) is 3.61. The summed E-state index contributed by atoms with van der Waals surface area (Å²) in [4.78, 5) is 2.35. The molecule has 0 N–H and O–H groups in total. The van der Waals surface area contributed by atoms with E-state index >= 15 is 0 Å². The Labute approximate surface area is 55.8 Å². The van der Waals surface area contributed by atoms with Gasteiger partial charge in [0.25, 0.3) is 0 Å². The third kappa shape index (κ3) is 0.864. The van der Waals surface area contributed by atoms with Crippen LogP contribution in [0.15, 0.2) is 0 Å². The van der Waals surface area contributed by atoms with Crippen LogP contribution in [-0.2, 0) is 4.74 Å². The number of likely N-dealkylation sites (tertiary alicyclic amines) is 1. The second kappa shape index (κ2) is 1.70. The van der Waals surface area contributed by atoms with Crippen LogP contribution in [0, 0.1) is 5.92 Å². The zero-order valence-corrected chi connectivity index (χ0v) is 6.00. The van der Waals surface area contributed by atoms with E-state index in [-0.39, 0.29) is 0 Å². The monoisotopic (exact) mass is 127 g/mol. The Morgan fingerprint density at radius 3 is 2.89 bits per heavy atom. The molecule has 2 heterocycles. The summed E-state index contributed by atoms with van der Waals surface area (Å²) in [5.41, 5.74) is 0. The zero-order valence-electron chi connectivity index (χ0n) is 6.00. The van der Waals surface area contributed by atoms with Gasteiger partial charge in [0.15, 0.2) is 0 Å². The van der Waals surface area contributed by atoms with E-state index in [2.05, 4.69) is 18.9 Å². The van der Waals surface area contributed by atoms with Gasteiger partial charge in [-0.15, -0.1) is 0 Å². The van der Waals surface area contributed by atoms with E-state index in [1.807, 2.05) is 0 Å². The van der Waals surface area contributed by atoms with Crippen molar-refractivity contribution in [3.05, 3.63) is 0 Å². The standard InChI is InChI=1S/C7H13NO/c1-5-3-8(2)4-6-7(5)9-6/h5-7H,3-4H2,1-2H3. The molecule has 0 amide bonds. The predicted molar refractivity (Wildman–Crippen MR) is 35.3 cm³/mol. The fourth-order valence-electron chi connectivity index (χ4n) is 1.78. The number of ether oxygens (including phenoxy) is 1. The Morgan fingerprint density at radius 1 is 1.44 bits per heavy atom. The smallest absolute Gasteiger partial charge is 0.0971 e. The molecule has 2 aliphatic heterocycles. The highest BCUT2D eigenvalue weighted by atomic mass is 16.6. The molecular formula is C7H13NO. The second-order valence-corrected chi connectivity index (χ2v) is 3.34. The molecule has 0 aromatic carbocycles. The topological polar surface area (TPSA) is 15.8 Å². The summed E-state index contributed by atoms with van der Waals surface area (Å²) < 4.78 is 5.42. The SMILES string of the molecule is CC1CN(C)CC2OC12. The Balaban J connectivity index is 1.99. The maximum Gasteiger partial charge on any atom is 0.0971 e. The Bertz CT molecular complexity index is 126. The lowest BCUT2D eigenvalue weighted by Crippen LogP contribution is -2.36. The summed E-state index contributed by atoms with van der Waals surface area (Å²) in [7, 11) is 2.16. The Morgan fingerprint density at radius 2 is 2.22 bits per heavy atom. The number of hydrogen-bond donors (Lipinski definition) is 0. The van der Waals surface area contributed by atoms with Crippen LogP contribution >= 0.6 is 0 Å². The molecule has 2 rings (SSSR count). The summed E-state index contributed by atoms with van der Waals surface area (Å²) in [6, 6.07) is 0. The second-order valence-electron chi connectivity index (χ2n) is 3.34. The third-order valence-corrected chi connectivity index (χ3v) is 2.27. The highest BCUT2D eigenvalue weighted by molar-refractivity contribution is 4.95. The third-order valence-electron chi connectivity index (χ3n) is 2.27. The lowest BCUT2D eigenvalue weighted by molar-refractivity contribution is 0.252. The van der Waals surface area contributed by atoms with Crippen LogP contribution in [0.5, 0.6) is 0 Å². The number of likely N-dealkylation sites (N-methyl/N-ethyl adjacent to an activating group) is 1. The minimum atomic E-state index is 0.582. The highest BCUT2D eigenvalue weighted by Gasteiger charge is 2.46. The van der Waals surface area contributed by atoms with Crippen LogP contribution in [0.4, 0.5) is 0 Å². The summed E-state index contributed by atoms with van der Waals surface area (Å²) in [6.07, 6.45) is 1.19. The highest BCUT2D eigenvalue weighted by Crippen LogP contribution is 2.33. The van der Waals surface area contributed by atoms with Gasteiger partial charge < -0.3 is 9.64 Å². The number of rotatable bonds is 0. The van der Waals surface area contributed by atoms with Crippen molar-refractivity contribution in [2.24, 2.45) is 5.92 Å². The number of epoxide rings is 1. The van der Waals surface area contributed by atoms with Crippen molar-refractivity contribution in [1.82, 2.24) is 4.90 Å². The summed E-state index contributed by atoms with van der Waals surface area (Å²) in [6.45, 7) is 4.62. The van der Waals surface area contributed by atoms with Gasteiger partial charge in [0.2, 0.25) is 0 Å². The first kappa shape index (κ1) is 5.69. The summed E-state index contributed by atoms with van der Waals surface area (Å²) >= 11 is 0. The van der Waals surface area contributed by atoms with Crippen molar-refractivity contribution in [2.75, 3.05) is 20.1 Å². The Kier molecular flexibility index (Phi) is 1.08. The van der Waals surface area contributed by atoms with Gasteiger partial charge in [0.1, 0.15) is 0 Å². The van der Waals surface area contributed by atoms with Crippen molar-refractivity contribution in [1.29, 1.82) is 0 Å². The fourth-order valence-corrected chi connectivity index (χ4v) is 1.78. The molecule has 2 fully saturated rings. The Hall–Kier alpha value is -0.0800. The van der Waals surface area contributed by atoms with Gasteiger partial charge in [-0.3, -0.25) is 0 Å². The fraction of sp³-hybridized carbons (Fsp3) is 1.00. The van der Waals surface area contributed by atoms with Gasteiger partial charge in [-0.25, -0.2) is 0 Å². The number of piperidine rings is 1. The number of fused-ring (bicyclic) bond motifs is 1. The van der Waals surface area contributed by atoms with Gasteiger partial charge in [-0.1, -0.05) is 6.92 Å². The van der Waals surface area contributed by atoms with Crippen molar-refractivity contribution in [3.63, 3.8) is 0 Å². The summed E-state index contributed by atoms with van der Waals surface area (Å²) in [5, 5.41) is 0. The molecule has 2 aliphatic rings. The number of nitrogens with zero attached hydrogens (tertiary/aromatic N) is 1. The van der Waals surface area contributed by atoms with E-state index in [4.69, 9.17) is 4.74 Å².